The Morgan fingerprint density at radius 3 is 2.60 bits per heavy atom. The number of aryl methyl sites for hydroxylation is 1. The van der Waals surface area contributed by atoms with Gasteiger partial charge in [-0.05, 0) is 39.0 Å². The Kier molecular flexibility index (Phi) is 2.06. The van der Waals surface area contributed by atoms with Crippen molar-refractivity contribution in [3.63, 3.8) is 0 Å². The summed E-state index contributed by atoms with van der Waals surface area (Å²) in [6.07, 6.45) is 6.01. The molecular formula is C11H18N4. The van der Waals surface area contributed by atoms with Crippen molar-refractivity contribution >= 4 is 0 Å². The van der Waals surface area contributed by atoms with Crippen LogP contribution >= 0.6 is 0 Å². The summed E-state index contributed by atoms with van der Waals surface area (Å²) < 4.78 is 2.35. The van der Waals surface area contributed by atoms with Crippen molar-refractivity contribution in [2.75, 3.05) is 0 Å². The van der Waals surface area contributed by atoms with Crippen molar-refractivity contribution in [1.29, 1.82) is 0 Å². The summed E-state index contributed by atoms with van der Waals surface area (Å²) in [5.74, 6) is 2.83. The topological polar surface area (TPSA) is 56.7 Å². The molecule has 0 aliphatic heterocycles. The normalized spacial score (nSPS) is 31.1. The van der Waals surface area contributed by atoms with Crippen LogP contribution in [-0.4, -0.2) is 20.8 Å². The number of rotatable bonds is 2. The largest absolute Gasteiger partial charge is 0.328 e. The first kappa shape index (κ1) is 9.33. The predicted octanol–water partition coefficient (Wildman–Crippen LogP) is 1.52. The summed E-state index contributed by atoms with van der Waals surface area (Å²) >= 11 is 0. The highest BCUT2D eigenvalue weighted by Crippen LogP contribution is 2.40. The lowest BCUT2D eigenvalue weighted by atomic mass is 10.1. The van der Waals surface area contributed by atoms with E-state index < -0.39 is 0 Å². The molecule has 2 aliphatic rings. The zero-order valence-corrected chi connectivity index (χ0v) is 9.19. The van der Waals surface area contributed by atoms with Crippen LogP contribution in [0.15, 0.2) is 0 Å². The molecule has 0 saturated heterocycles. The lowest BCUT2D eigenvalue weighted by Crippen LogP contribution is -2.15. The highest BCUT2D eigenvalue weighted by Gasteiger charge is 2.33. The van der Waals surface area contributed by atoms with Gasteiger partial charge in [0, 0.05) is 18.0 Å². The summed E-state index contributed by atoms with van der Waals surface area (Å²) in [4.78, 5) is 0. The van der Waals surface area contributed by atoms with Crippen LogP contribution in [0.4, 0.5) is 0 Å². The van der Waals surface area contributed by atoms with Crippen molar-refractivity contribution in [3.05, 3.63) is 11.6 Å². The van der Waals surface area contributed by atoms with Crippen molar-refractivity contribution in [3.8, 4) is 0 Å². The third-order valence-corrected chi connectivity index (χ3v) is 3.64. The molecule has 0 amide bonds. The molecule has 0 unspecified atom stereocenters. The summed E-state index contributed by atoms with van der Waals surface area (Å²) in [7, 11) is 0. The molecule has 4 heteroatoms. The van der Waals surface area contributed by atoms with Gasteiger partial charge in [-0.3, -0.25) is 0 Å². The van der Waals surface area contributed by atoms with Crippen molar-refractivity contribution < 1.29 is 0 Å². The Labute approximate surface area is 89.9 Å². The van der Waals surface area contributed by atoms with Crippen LogP contribution in [0.3, 0.4) is 0 Å². The smallest absolute Gasteiger partial charge is 0.136 e. The van der Waals surface area contributed by atoms with Crippen LogP contribution in [0.25, 0.3) is 0 Å². The van der Waals surface area contributed by atoms with Crippen molar-refractivity contribution in [1.82, 2.24) is 14.8 Å². The van der Waals surface area contributed by atoms with Crippen molar-refractivity contribution in [2.24, 2.45) is 5.73 Å². The van der Waals surface area contributed by atoms with E-state index >= 15 is 0 Å². The van der Waals surface area contributed by atoms with Gasteiger partial charge in [0.25, 0.3) is 0 Å². The number of aromatic nitrogens is 3. The van der Waals surface area contributed by atoms with Crippen LogP contribution in [0.5, 0.6) is 0 Å². The first-order chi connectivity index (χ1) is 7.25. The van der Waals surface area contributed by atoms with E-state index in [1.807, 2.05) is 0 Å². The molecule has 2 atom stereocenters. The minimum Gasteiger partial charge on any atom is -0.328 e. The Balaban J connectivity index is 1.90. The lowest BCUT2D eigenvalue weighted by molar-refractivity contribution is 0.576. The fraction of sp³-hybridized carbons (Fsp3) is 0.818. The number of nitrogens with zero attached hydrogens (tertiary/aromatic N) is 3. The van der Waals surface area contributed by atoms with E-state index in [-0.39, 0.29) is 0 Å². The molecule has 1 aromatic heterocycles. The van der Waals surface area contributed by atoms with E-state index in [4.69, 9.17) is 5.73 Å². The van der Waals surface area contributed by atoms with E-state index in [0.29, 0.717) is 18.0 Å². The Bertz CT molecular complexity index is 367. The molecule has 2 aliphatic carbocycles. The number of nitrogens with two attached hydrogens (primary N) is 1. The fourth-order valence-electron chi connectivity index (χ4n) is 2.70. The molecule has 2 N–H and O–H groups in total. The standard InChI is InChI=1S/C11H18N4/c1-7-13-14-11(15(7)10-4-5-10)8-2-3-9(12)6-8/h8-10H,2-6,12H2,1H3/t8-,9+/m1/s1. The van der Waals surface area contributed by atoms with Gasteiger partial charge in [-0.1, -0.05) is 0 Å². The summed E-state index contributed by atoms with van der Waals surface area (Å²) in [5.41, 5.74) is 5.95. The second-order valence-electron chi connectivity index (χ2n) is 4.98. The van der Waals surface area contributed by atoms with Crippen LogP contribution in [0, 0.1) is 6.92 Å². The summed E-state index contributed by atoms with van der Waals surface area (Å²) in [6.45, 7) is 2.06. The average Bonchev–Trinajstić information content (AvgIpc) is 2.84. The van der Waals surface area contributed by atoms with E-state index in [1.165, 1.54) is 25.1 Å². The van der Waals surface area contributed by atoms with Gasteiger partial charge in [0.15, 0.2) is 0 Å². The van der Waals surface area contributed by atoms with Gasteiger partial charge in [-0.15, -0.1) is 10.2 Å². The van der Waals surface area contributed by atoms with E-state index in [1.54, 1.807) is 0 Å². The molecule has 0 bridgehead atoms. The number of hydrogen-bond acceptors (Lipinski definition) is 3. The maximum atomic E-state index is 5.95. The van der Waals surface area contributed by atoms with Gasteiger partial charge in [0.2, 0.25) is 0 Å². The van der Waals surface area contributed by atoms with Crippen LogP contribution in [0.2, 0.25) is 0 Å². The zero-order chi connectivity index (χ0) is 10.4. The molecule has 15 heavy (non-hydrogen) atoms. The lowest BCUT2D eigenvalue weighted by Gasteiger charge is -2.12. The quantitative estimate of drug-likeness (QED) is 0.798. The van der Waals surface area contributed by atoms with E-state index in [2.05, 4.69) is 21.7 Å². The molecule has 0 spiro atoms. The third kappa shape index (κ3) is 1.57. The highest BCUT2D eigenvalue weighted by atomic mass is 15.3. The fourth-order valence-corrected chi connectivity index (χ4v) is 2.70. The Hall–Kier alpha value is -0.900. The molecule has 1 aromatic rings. The van der Waals surface area contributed by atoms with Gasteiger partial charge in [-0.2, -0.15) is 0 Å². The van der Waals surface area contributed by atoms with Crippen LogP contribution in [-0.2, 0) is 0 Å². The monoisotopic (exact) mass is 206 g/mol. The third-order valence-electron chi connectivity index (χ3n) is 3.64. The van der Waals surface area contributed by atoms with Crippen LogP contribution < -0.4 is 5.73 Å². The molecule has 4 nitrogen and oxygen atoms in total. The summed E-state index contributed by atoms with van der Waals surface area (Å²) in [6, 6.07) is 1.06. The first-order valence-corrected chi connectivity index (χ1v) is 5.92. The maximum absolute atomic E-state index is 5.95. The zero-order valence-electron chi connectivity index (χ0n) is 9.19. The summed E-state index contributed by atoms with van der Waals surface area (Å²) in [5, 5.41) is 8.57. The van der Waals surface area contributed by atoms with E-state index in [0.717, 1.165) is 18.7 Å². The van der Waals surface area contributed by atoms with Crippen molar-refractivity contribution in [2.45, 2.75) is 57.0 Å². The molecule has 3 rings (SSSR count). The second kappa shape index (κ2) is 3.30. The maximum Gasteiger partial charge on any atom is 0.136 e. The van der Waals surface area contributed by atoms with Gasteiger partial charge >= 0.3 is 0 Å². The van der Waals surface area contributed by atoms with Gasteiger partial charge in [-0.25, -0.2) is 0 Å². The Morgan fingerprint density at radius 2 is 2.00 bits per heavy atom. The first-order valence-electron chi connectivity index (χ1n) is 5.92. The average molecular weight is 206 g/mol. The molecule has 2 saturated carbocycles. The van der Waals surface area contributed by atoms with Gasteiger partial charge < -0.3 is 10.3 Å². The van der Waals surface area contributed by atoms with E-state index in [9.17, 15) is 0 Å². The minimum absolute atomic E-state index is 0.375. The molecule has 1 heterocycles. The molecular weight excluding hydrogens is 188 g/mol. The highest BCUT2D eigenvalue weighted by molar-refractivity contribution is 5.08. The minimum atomic E-state index is 0.375. The Morgan fingerprint density at radius 1 is 1.20 bits per heavy atom. The SMILES string of the molecule is Cc1nnc([C@@H]2CC[C@H](N)C2)n1C1CC1. The molecule has 0 radical (unpaired) electrons. The van der Waals surface area contributed by atoms with Gasteiger partial charge in [0.05, 0.1) is 0 Å². The molecule has 2 fully saturated rings. The molecule has 82 valence electrons. The second-order valence-corrected chi connectivity index (χ2v) is 4.98. The van der Waals surface area contributed by atoms with Gasteiger partial charge in [0.1, 0.15) is 11.6 Å². The van der Waals surface area contributed by atoms with Crippen LogP contribution in [0.1, 0.15) is 55.7 Å². The molecule has 0 aromatic carbocycles. The number of hydrogen-bond donors (Lipinski definition) is 1. The predicted molar refractivity (Wildman–Crippen MR) is 57.6 cm³/mol.